The Morgan fingerprint density at radius 1 is 1.41 bits per heavy atom. The number of rotatable bonds is 1. The van der Waals surface area contributed by atoms with E-state index < -0.39 is 5.79 Å². The van der Waals surface area contributed by atoms with Crippen molar-refractivity contribution in [2.24, 2.45) is 0 Å². The number of carbonyl (C=O) groups excluding carboxylic acids is 1. The number of hydrogen-bond donors (Lipinski definition) is 0. The van der Waals surface area contributed by atoms with Gasteiger partial charge in [-0.25, -0.2) is 0 Å². The van der Waals surface area contributed by atoms with Gasteiger partial charge in [0.15, 0.2) is 5.79 Å². The first-order chi connectivity index (χ1) is 8.29. The zero-order valence-electron chi connectivity index (χ0n) is 9.55. The highest BCUT2D eigenvalue weighted by Gasteiger charge is 2.42. The van der Waals surface area contributed by atoms with Crippen LogP contribution in [0, 0.1) is 0 Å². The number of carbonyl (C=O) groups is 1. The van der Waals surface area contributed by atoms with E-state index in [2.05, 4.69) is 0 Å². The minimum atomic E-state index is -0.524. The summed E-state index contributed by atoms with van der Waals surface area (Å²) >= 11 is 1.55. The van der Waals surface area contributed by atoms with Crippen molar-refractivity contribution in [2.45, 2.75) is 18.6 Å². The number of ether oxygens (including phenoxy) is 2. The molecular formula is C12H15NO3S. The molecule has 2 aliphatic heterocycles. The molecule has 1 amide bonds. The highest BCUT2D eigenvalue weighted by Crippen LogP contribution is 2.30. The first-order valence-corrected chi connectivity index (χ1v) is 6.83. The Balaban J connectivity index is 1.73. The number of likely N-dealkylation sites (tertiary alicyclic amines) is 1. The molecule has 1 aromatic heterocycles. The monoisotopic (exact) mass is 253 g/mol. The SMILES string of the molecule is O=C(c1ccsc1)N1CCCC2(C1)OCCO2. The normalized spacial score (nSPS) is 23.2. The molecule has 0 aromatic carbocycles. The molecule has 92 valence electrons. The fourth-order valence-electron chi connectivity index (χ4n) is 2.46. The highest BCUT2D eigenvalue weighted by atomic mass is 32.1. The van der Waals surface area contributed by atoms with E-state index in [4.69, 9.17) is 9.47 Å². The van der Waals surface area contributed by atoms with Crippen LogP contribution in [-0.2, 0) is 9.47 Å². The summed E-state index contributed by atoms with van der Waals surface area (Å²) in [6.07, 6.45) is 1.83. The van der Waals surface area contributed by atoms with Crippen molar-refractivity contribution < 1.29 is 14.3 Å². The molecule has 0 N–H and O–H groups in total. The lowest BCUT2D eigenvalue weighted by atomic mass is 10.0. The van der Waals surface area contributed by atoms with Crippen LogP contribution in [0.15, 0.2) is 16.8 Å². The van der Waals surface area contributed by atoms with Crippen molar-refractivity contribution in [1.29, 1.82) is 0 Å². The number of amides is 1. The molecule has 1 aromatic rings. The van der Waals surface area contributed by atoms with Crippen molar-refractivity contribution in [3.8, 4) is 0 Å². The molecule has 0 saturated carbocycles. The maximum atomic E-state index is 12.2. The smallest absolute Gasteiger partial charge is 0.254 e. The second kappa shape index (κ2) is 4.40. The maximum Gasteiger partial charge on any atom is 0.254 e. The molecule has 4 nitrogen and oxygen atoms in total. The molecule has 1 spiro atoms. The van der Waals surface area contributed by atoms with E-state index in [1.165, 1.54) is 0 Å². The van der Waals surface area contributed by atoms with Crippen LogP contribution in [0.3, 0.4) is 0 Å². The fourth-order valence-corrected chi connectivity index (χ4v) is 3.09. The Morgan fingerprint density at radius 3 is 2.94 bits per heavy atom. The second-order valence-corrected chi connectivity index (χ2v) is 5.23. The Morgan fingerprint density at radius 2 is 2.24 bits per heavy atom. The Kier molecular flexibility index (Phi) is 2.90. The van der Waals surface area contributed by atoms with Crippen LogP contribution in [0.5, 0.6) is 0 Å². The van der Waals surface area contributed by atoms with Gasteiger partial charge in [-0.05, 0) is 17.9 Å². The van der Waals surface area contributed by atoms with Gasteiger partial charge in [0.1, 0.15) is 0 Å². The minimum absolute atomic E-state index is 0.0874. The standard InChI is InChI=1S/C12H15NO3S/c14-11(10-2-7-17-8-10)13-4-1-3-12(9-13)15-5-6-16-12/h2,7-8H,1,3-6,9H2. The lowest BCUT2D eigenvalue weighted by molar-refractivity contribution is -0.183. The van der Waals surface area contributed by atoms with Gasteiger partial charge in [-0.2, -0.15) is 11.3 Å². The molecule has 2 fully saturated rings. The average molecular weight is 253 g/mol. The summed E-state index contributed by atoms with van der Waals surface area (Å²) in [5.41, 5.74) is 0.769. The predicted molar refractivity (Wildman–Crippen MR) is 64.1 cm³/mol. The summed E-state index contributed by atoms with van der Waals surface area (Å²) in [4.78, 5) is 14.1. The highest BCUT2D eigenvalue weighted by molar-refractivity contribution is 7.08. The van der Waals surface area contributed by atoms with Crippen LogP contribution in [-0.4, -0.2) is 42.9 Å². The molecule has 0 aliphatic carbocycles. The van der Waals surface area contributed by atoms with Crippen LogP contribution in [0.4, 0.5) is 0 Å². The van der Waals surface area contributed by atoms with E-state index in [9.17, 15) is 4.79 Å². The third-order valence-corrected chi connectivity index (χ3v) is 3.97. The van der Waals surface area contributed by atoms with Gasteiger partial charge >= 0.3 is 0 Å². The van der Waals surface area contributed by atoms with Gasteiger partial charge in [-0.3, -0.25) is 4.79 Å². The lowest BCUT2D eigenvalue weighted by Crippen LogP contribution is -2.50. The molecule has 0 unspecified atom stereocenters. The van der Waals surface area contributed by atoms with Crippen molar-refractivity contribution in [3.05, 3.63) is 22.4 Å². The summed E-state index contributed by atoms with van der Waals surface area (Å²) in [5.74, 6) is -0.436. The molecule has 0 atom stereocenters. The van der Waals surface area contributed by atoms with E-state index in [-0.39, 0.29) is 5.91 Å². The van der Waals surface area contributed by atoms with Gasteiger partial charge in [0, 0.05) is 18.3 Å². The van der Waals surface area contributed by atoms with Gasteiger partial charge in [0.2, 0.25) is 0 Å². The largest absolute Gasteiger partial charge is 0.346 e. The van der Waals surface area contributed by atoms with Crippen LogP contribution in [0.25, 0.3) is 0 Å². The van der Waals surface area contributed by atoms with Crippen molar-refractivity contribution in [2.75, 3.05) is 26.3 Å². The van der Waals surface area contributed by atoms with Gasteiger partial charge in [0.25, 0.3) is 5.91 Å². The molecule has 0 bridgehead atoms. The lowest BCUT2D eigenvalue weighted by Gasteiger charge is -2.38. The van der Waals surface area contributed by atoms with Gasteiger partial charge in [0.05, 0.1) is 25.3 Å². The van der Waals surface area contributed by atoms with E-state index in [1.54, 1.807) is 11.3 Å². The summed E-state index contributed by atoms with van der Waals surface area (Å²) < 4.78 is 11.3. The van der Waals surface area contributed by atoms with Crippen molar-refractivity contribution in [1.82, 2.24) is 4.90 Å². The number of nitrogens with zero attached hydrogens (tertiary/aromatic N) is 1. The molecule has 5 heteroatoms. The molecule has 3 rings (SSSR count). The third-order valence-electron chi connectivity index (χ3n) is 3.29. The molecule has 0 radical (unpaired) electrons. The predicted octanol–water partition coefficient (Wildman–Crippen LogP) is 1.73. The summed E-state index contributed by atoms with van der Waals surface area (Å²) in [6, 6.07) is 1.87. The number of piperidine rings is 1. The first kappa shape index (κ1) is 11.2. The zero-order valence-corrected chi connectivity index (χ0v) is 10.4. The minimum Gasteiger partial charge on any atom is -0.346 e. The van der Waals surface area contributed by atoms with Gasteiger partial charge in [-0.15, -0.1) is 0 Å². The fraction of sp³-hybridized carbons (Fsp3) is 0.583. The Bertz CT molecular complexity index is 398. The van der Waals surface area contributed by atoms with E-state index >= 15 is 0 Å². The van der Waals surface area contributed by atoms with Crippen molar-refractivity contribution >= 4 is 17.2 Å². The molecule has 2 aliphatic rings. The van der Waals surface area contributed by atoms with Crippen molar-refractivity contribution in [3.63, 3.8) is 0 Å². The van der Waals surface area contributed by atoms with Gasteiger partial charge in [-0.1, -0.05) is 0 Å². The second-order valence-electron chi connectivity index (χ2n) is 4.45. The van der Waals surface area contributed by atoms with Crippen LogP contribution < -0.4 is 0 Å². The van der Waals surface area contributed by atoms with E-state index in [0.717, 1.165) is 24.9 Å². The summed E-state index contributed by atoms with van der Waals surface area (Å²) in [7, 11) is 0. The van der Waals surface area contributed by atoms with Crippen LogP contribution in [0.1, 0.15) is 23.2 Å². The van der Waals surface area contributed by atoms with Crippen LogP contribution in [0.2, 0.25) is 0 Å². The Hall–Kier alpha value is -0.910. The number of thiophene rings is 1. The molecule has 17 heavy (non-hydrogen) atoms. The molecule has 3 heterocycles. The summed E-state index contributed by atoms with van der Waals surface area (Å²) in [6.45, 7) is 2.63. The topological polar surface area (TPSA) is 38.8 Å². The summed E-state index contributed by atoms with van der Waals surface area (Å²) in [5, 5.41) is 3.81. The van der Waals surface area contributed by atoms with Gasteiger partial charge < -0.3 is 14.4 Å². The van der Waals surface area contributed by atoms with E-state index in [1.807, 2.05) is 21.7 Å². The first-order valence-electron chi connectivity index (χ1n) is 5.88. The van der Waals surface area contributed by atoms with Crippen LogP contribution >= 0.6 is 11.3 Å². The molecular weight excluding hydrogens is 238 g/mol. The third kappa shape index (κ3) is 2.10. The number of hydrogen-bond acceptors (Lipinski definition) is 4. The molecule has 2 saturated heterocycles. The quantitative estimate of drug-likeness (QED) is 0.765. The van der Waals surface area contributed by atoms with E-state index in [0.29, 0.717) is 19.8 Å². The maximum absolute atomic E-state index is 12.2. The average Bonchev–Trinajstić information content (AvgIpc) is 3.00. The Labute approximate surface area is 104 Å². The zero-order chi connectivity index (χ0) is 11.7.